The highest BCUT2D eigenvalue weighted by molar-refractivity contribution is 6.21. The first-order chi connectivity index (χ1) is 9.69. The Morgan fingerprint density at radius 2 is 2.05 bits per heavy atom. The van der Waals surface area contributed by atoms with Gasteiger partial charge in [-0.15, -0.1) is 5.17 Å². The molecule has 0 amide bonds. The van der Waals surface area contributed by atoms with Gasteiger partial charge in [-0.25, -0.2) is 0 Å². The minimum absolute atomic E-state index is 0.346. The second kappa shape index (κ2) is 5.62. The van der Waals surface area contributed by atoms with E-state index in [2.05, 4.69) is 5.10 Å². The average Bonchev–Trinajstić information content (AvgIpc) is 2.95. The molecule has 108 valence electrons. The molecule has 1 aliphatic heterocycles. The van der Waals surface area contributed by atoms with Crippen molar-refractivity contribution in [2.45, 2.75) is 44.2 Å². The van der Waals surface area contributed by atoms with Crippen molar-refractivity contribution >= 4 is 17.3 Å². The molecule has 2 aliphatic rings. The molecular formula is C15H19ClN2O2. The molecule has 0 saturated heterocycles. The van der Waals surface area contributed by atoms with Gasteiger partial charge in [-0.3, -0.25) is 4.84 Å². The lowest BCUT2D eigenvalue weighted by Gasteiger charge is -2.29. The molecule has 1 aromatic carbocycles. The molecule has 1 unspecified atom stereocenters. The SMILES string of the molecule is CON1N=C(C)c2ccc(OC3CCCC3)cc2C1Cl. The van der Waals surface area contributed by atoms with E-state index in [9.17, 15) is 0 Å². The van der Waals surface area contributed by atoms with Gasteiger partial charge in [0.25, 0.3) is 0 Å². The summed E-state index contributed by atoms with van der Waals surface area (Å²) >= 11 is 6.41. The van der Waals surface area contributed by atoms with Crippen molar-refractivity contribution in [1.82, 2.24) is 5.17 Å². The van der Waals surface area contributed by atoms with Crippen molar-refractivity contribution in [2.24, 2.45) is 5.10 Å². The van der Waals surface area contributed by atoms with Crippen LogP contribution in [0.15, 0.2) is 23.3 Å². The Kier molecular flexibility index (Phi) is 3.85. The fourth-order valence-corrected chi connectivity index (χ4v) is 3.15. The largest absolute Gasteiger partial charge is 0.490 e. The number of hydrazone groups is 1. The van der Waals surface area contributed by atoms with Crippen LogP contribution in [0.25, 0.3) is 0 Å². The number of hydroxylamine groups is 1. The number of rotatable bonds is 3. The molecule has 0 spiro atoms. The molecular weight excluding hydrogens is 276 g/mol. The molecule has 5 heteroatoms. The Morgan fingerprint density at radius 3 is 2.75 bits per heavy atom. The first kappa shape index (κ1) is 13.7. The lowest BCUT2D eigenvalue weighted by atomic mass is 10.0. The van der Waals surface area contributed by atoms with E-state index in [0.29, 0.717) is 6.10 Å². The zero-order chi connectivity index (χ0) is 14.1. The summed E-state index contributed by atoms with van der Waals surface area (Å²) in [5.74, 6) is 0.882. The average molecular weight is 295 g/mol. The Labute approximate surface area is 124 Å². The number of alkyl halides is 1. The van der Waals surface area contributed by atoms with E-state index in [-0.39, 0.29) is 0 Å². The minimum Gasteiger partial charge on any atom is -0.490 e. The third kappa shape index (κ3) is 2.50. The van der Waals surface area contributed by atoms with Gasteiger partial charge < -0.3 is 4.74 Å². The van der Waals surface area contributed by atoms with Gasteiger partial charge in [0.05, 0.1) is 18.9 Å². The maximum absolute atomic E-state index is 6.41. The first-order valence-corrected chi connectivity index (χ1v) is 7.46. The Bertz CT molecular complexity index is 527. The van der Waals surface area contributed by atoms with Crippen LogP contribution in [0.3, 0.4) is 0 Å². The monoisotopic (exact) mass is 294 g/mol. The zero-order valence-corrected chi connectivity index (χ0v) is 12.6. The van der Waals surface area contributed by atoms with Crippen LogP contribution in [-0.2, 0) is 4.84 Å². The zero-order valence-electron chi connectivity index (χ0n) is 11.8. The number of hydrogen-bond donors (Lipinski definition) is 0. The maximum atomic E-state index is 6.41. The Balaban J connectivity index is 1.87. The molecule has 0 aromatic heterocycles. The summed E-state index contributed by atoms with van der Waals surface area (Å²) in [6.07, 6.45) is 5.16. The highest BCUT2D eigenvalue weighted by Gasteiger charge is 2.27. The lowest BCUT2D eigenvalue weighted by molar-refractivity contribution is -0.144. The van der Waals surface area contributed by atoms with E-state index in [1.807, 2.05) is 25.1 Å². The molecule has 0 radical (unpaired) electrons. The van der Waals surface area contributed by atoms with Crippen molar-refractivity contribution in [1.29, 1.82) is 0 Å². The van der Waals surface area contributed by atoms with Crippen molar-refractivity contribution in [3.63, 3.8) is 0 Å². The second-order valence-corrected chi connectivity index (χ2v) is 5.69. The number of benzene rings is 1. The molecule has 1 aromatic rings. The summed E-state index contributed by atoms with van der Waals surface area (Å²) in [7, 11) is 1.57. The molecule has 1 saturated carbocycles. The number of hydrogen-bond acceptors (Lipinski definition) is 4. The second-order valence-electron chi connectivity index (χ2n) is 5.28. The van der Waals surface area contributed by atoms with Crippen molar-refractivity contribution in [2.75, 3.05) is 7.11 Å². The minimum atomic E-state index is -0.425. The van der Waals surface area contributed by atoms with Gasteiger partial charge in [0.15, 0.2) is 5.50 Å². The van der Waals surface area contributed by atoms with Crippen LogP contribution in [0.1, 0.15) is 49.2 Å². The maximum Gasteiger partial charge on any atom is 0.175 e. The Morgan fingerprint density at radius 1 is 1.30 bits per heavy atom. The number of halogens is 1. The third-order valence-corrected chi connectivity index (χ3v) is 4.31. The van der Waals surface area contributed by atoms with Crippen LogP contribution in [-0.4, -0.2) is 24.1 Å². The fourth-order valence-electron chi connectivity index (χ4n) is 2.84. The van der Waals surface area contributed by atoms with Gasteiger partial charge in [0.1, 0.15) is 5.75 Å². The molecule has 0 N–H and O–H groups in total. The summed E-state index contributed by atoms with van der Waals surface area (Å²) in [5, 5.41) is 5.73. The van der Waals surface area contributed by atoms with E-state index in [1.165, 1.54) is 18.0 Å². The number of ether oxygens (including phenoxy) is 1. The lowest BCUT2D eigenvalue weighted by Crippen LogP contribution is -2.26. The highest BCUT2D eigenvalue weighted by Crippen LogP contribution is 2.36. The van der Waals surface area contributed by atoms with Crippen LogP contribution >= 0.6 is 11.6 Å². The van der Waals surface area contributed by atoms with Crippen LogP contribution in [0.4, 0.5) is 0 Å². The predicted molar refractivity (Wildman–Crippen MR) is 79.0 cm³/mol. The van der Waals surface area contributed by atoms with E-state index in [1.54, 1.807) is 7.11 Å². The van der Waals surface area contributed by atoms with Crippen LogP contribution < -0.4 is 4.74 Å². The molecule has 1 aliphatic carbocycles. The van der Waals surface area contributed by atoms with Gasteiger partial charge in [0.2, 0.25) is 0 Å². The highest BCUT2D eigenvalue weighted by atomic mass is 35.5. The Hall–Kier alpha value is -1.26. The van der Waals surface area contributed by atoms with Crippen LogP contribution in [0, 0.1) is 0 Å². The third-order valence-electron chi connectivity index (χ3n) is 3.90. The van der Waals surface area contributed by atoms with Gasteiger partial charge in [-0.05, 0) is 50.8 Å². The van der Waals surface area contributed by atoms with Gasteiger partial charge in [0, 0.05) is 11.1 Å². The summed E-state index contributed by atoms with van der Waals surface area (Å²) in [5.41, 5.74) is 2.51. The van der Waals surface area contributed by atoms with E-state index in [0.717, 1.165) is 35.4 Å². The van der Waals surface area contributed by atoms with E-state index in [4.69, 9.17) is 21.2 Å². The standard InChI is InChI=1S/C15H19ClN2O2/c1-10-13-8-7-12(20-11-5-3-4-6-11)9-14(13)15(16)18(17-10)19-2/h7-9,11,15H,3-6H2,1-2H3. The summed E-state index contributed by atoms with van der Waals surface area (Å²) in [4.78, 5) is 5.18. The molecule has 0 bridgehead atoms. The summed E-state index contributed by atoms with van der Waals surface area (Å²) in [6, 6.07) is 6.04. The van der Waals surface area contributed by atoms with Crippen molar-refractivity contribution in [3.05, 3.63) is 29.3 Å². The normalized spacial score (nSPS) is 22.6. The molecule has 1 heterocycles. The molecule has 20 heavy (non-hydrogen) atoms. The topological polar surface area (TPSA) is 34.1 Å². The van der Waals surface area contributed by atoms with Crippen LogP contribution in [0.2, 0.25) is 0 Å². The van der Waals surface area contributed by atoms with Crippen molar-refractivity contribution in [3.8, 4) is 5.75 Å². The molecule has 1 fully saturated rings. The van der Waals surface area contributed by atoms with E-state index < -0.39 is 5.50 Å². The van der Waals surface area contributed by atoms with Gasteiger partial charge in [-0.1, -0.05) is 11.6 Å². The van der Waals surface area contributed by atoms with Gasteiger partial charge in [-0.2, -0.15) is 5.10 Å². The molecule has 4 nitrogen and oxygen atoms in total. The summed E-state index contributed by atoms with van der Waals surface area (Å²) in [6.45, 7) is 1.95. The van der Waals surface area contributed by atoms with Crippen molar-refractivity contribution < 1.29 is 9.57 Å². The van der Waals surface area contributed by atoms with E-state index >= 15 is 0 Å². The predicted octanol–water partition coefficient (Wildman–Crippen LogP) is 3.85. The first-order valence-electron chi connectivity index (χ1n) is 7.02. The fraction of sp³-hybridized carbons (Fsp3) is 0.533. The molecule has 3 rings (SSSR count). The van der Waals surface area contributed by atoms with Gasteiger partial charge >= 0.3 is 0 Å². The smallest absolute Gasteiger partial charge is 0.175 e. The quantitative estimate of drug-likeness (QED) is 0.627. The number of nitrogens with zero attached hydrogens (tertiary/aromatic N) is 2. The van der Waals surface area contributed by atoms with Crippen LogP contribution in [0.5, 0.6) is 5.75 Å². The molecule has 1 atom stereocenters. The number of fused-ring (bicyclic) bond motifs is 1. The summed E-state index contributed by atoms with van der Waals surface area (Å²) < 4.78 is 6.04.